The molecule has 2 rings (SSSR count). The molecule has 0 aliphatic heterocycles. The Bertz CT molecular complexity index is 828. The van der Waals surface area contributed by atoms with Crippen molar-refractivity contribution in [3.8, 4) is 5.75 Å². The van der Waals surface area contributed by atoms with Gasteiger partial charge < -0.3 is 14.7 Å². The van der Waals surface area contributed by atoms with Crippen molar-refractivity contribution in [2.75, 3.05) is 20.8 Å². The van der Waals surface area contributed by atoms with E-state index in [1.54, 1.807) is 50.0 Å². The first kappa shape index (κ1) is 22.9. The maximum Gasteiger partial charge on any atom is 0.253 e. The van der Waals surface area contributed by atoms with Crippen LogP contribution in [0.1, 0.15) is 22.3 Å². The molecule has 0 fully saturated rings. The van der Waals surface area contributed by atoms with Gasteiger partial charge >= 0.3 is 0 Å². The third-order valence-electron chi connectivity index (χ3n) is 4.82. The molecule has 2 aromatic carbocycles. The summed E-state index contributed by atoms with van der Waals surface area (Å²) in [5.74, 6) is -0.826. The number of carbonyl (C=O) groups is 2. The number of aliphatic hydroxyl groups is 1. The van der Waals surface area contributed by atoms with E-state index in [1.165, 1.54) is 4.90 Å². The van der Waals surface area contributed by atoms with Crippen LogP contribution in [0, 0.1) is 5.92 Å². The maximum absolute atomic E-state index is 12.8. The number of amides is 2. The minimum Gasteiger partial charge on any atom is -0.497 e. The fourth-order valence-corrected chi connectivity index (χ4v) is 3.37. The second-order valence-electron chi connectivity index (χ2n) is 6.72. The summed E-state index contributed by atoms with van der Waals surface area (Å²) in [5, 5.41) is 19.0. The van der Waals surface area contributed by atoms with Crippen molar-refractivity contribution in [2.45, 2.75) is 18.9 Å². The number of hydrogen-bond donors (Lipinski definition) is 3. The zero-order valence-corrected chi connectivity index (χ0v) is 17.9. The third-order valence-corrected chi connectivity index (χ3v) is 5.35. The number of aliphatic hydroxyl groups excluding tert-OH is 1. The summed E-state index contributed by atoms with van der Waals surface area (Å²) in [6, 6.07) is 13.6. The van der Waals surface area contributed by atoms with Gasteiger partial charge in [-0.3, -0.25) is 14.8 Å². The first-order valence-corrected chi connectivity index (χ1v) is 9.89. The molecule has 7 nitrogen and oxygen atoms in total. The van der Waals surface area contributed by atoms with Crippen LogP contribution in [0.5, 0.6) is 5.75 Å². The Kier molecular flexibility index (Phi) is 8.63. The Balaban J connectivity index is 2.16. The van der Waals surface area contributed by atoms with Crippen molar-refractivity contribution >= 4 is 27.7 Å². The van der Waals surface area contributed by atoms with Crippen molar-refractivity contribution in [1.82, 2.24) is 10.4 Å². The highest BCUT2D eigenvalue weighted by molar-refractivity contribution is 9.10. The van der Waals surface area contributed by atoms with E-state index in [0.29, 0.717) is 17.7 Å². The predicted octanol–water partition coefficient (Wildman–Crippen LogP) is 2.64. The summed E-state index contributed by atoms with van der Waals surface area (Å²) in [4.78, 5) is 26.4. The van der Waals surface area contributed by atoms with Gasteiger partial charge in [-0.2, -0.15) is 0 Å². The molecule has 2 unspecified atom stereocenters. The van der Waals surface area contributed by atoms with Crippen LogP contribution in [0.15, 0.2) is 53.0 Å². The van der Waals surface area contributed by atoms with Crippen LogP contribution in [-0.4, -0.2) is 53.8 Å². The molecule has 2 amide bonds. The fraction of sp³-hybridized carbons (Fsp3) is 0.333. The average molecular weight is 465 g/mol. The number of hydroxylamine groups is 1. The zero-order chi connectivity index (χ0) is 21.4. The minimum atomic E-state index is -0.649. The molecule has 2 aromatic rings. The molecule has 0 radical (unpaired) electrons. The third kappa shape index (κ3) is 6.28. The number of carbonyl (C=O) groups excluding carboxylic acids is 2. The molecular weight excluding hydrogens is 440 g/mol. The van der Waals surface area contributed by atoms with Crippen LogP contribution in [0.4, 0.5) is 0 Å². The van der Waals surface area contributed by atoms with Crippen molar-refractivity contribution < 1.29 is 24.6 Å². The minimum absolute atomic E-state index is 0.179. The van der Waals surface area contributed by atoms with Crippen LogP contribution >= 0.6 is 15.9 Å². The summed E-state index contributed by atoms with van der Waals surface area (Å²) in [6.07, 6.45) is 0.499. The number of hydrogen-bond acceptors (Lipinski definition) is 5. The molecule has 0 aliphatic rings. The summed E-state index contributed by atoms with van der Waals surface area (Å²) in [5.41, 5.74) is 3.01. The zero-order valence-electron chi connectivity index (χ0n) is 16.3. The number of benzene rings is 2. The lowest BCUT2D eigenvalue weighted by molar-refractivity contribution is -0.134. The molecule has 8 heteroatoms. The normalized spacial score (nSPS) is 12.7. The molecule has 0 aliphatic carbocycles. The molecule has 0 aromatic heterocycles. The van der Waals surface area contributed by atoms with Gasteiger partial charge in [-0.15, -0.1) is 0 Å². The van der Waals surface area contributed by atoms with E-state index in [-0.39, 0.29) is 18.9 Å². The molecule has 0 bridgehead atoms. The van der Waals surface area contributed by atoms with E-state index in [4.69, 9.17) is 9.94 Å². The van der Waals surface area contributed by atoms with Gasteiger partial charge in [-0.25, -0.2) is 5.48 Å². The fourth-order valence-electron chi connectivity index (χ4n) is 3.10. The number of likely N-dealkylation sites (N-methyl/N-ethyl adjacent to an activating group) is 1. The van der Waals surface area contributed by atoms with Gasteiger partial charge in [-0.1, -0.05) is 28.1 Å². The molecule has 0 saturated carbocycles. The molecule has 0 saturated heterocycles. The number of ether oxygens (including phenoxy) is 1. The largest absolute Gasteiger partial charge is 0.497 e. The highest BCUT2D eigenvalue weighted by Gasteiger charge is 2.28. The van der Waals surface area contributed by atoms with E-state index in [0.717, 1.165) is 10.0 Å². The molecule has 2 atom stereocenters. The average Bonchev–Trinajstić information content (AvgIpc) is 2.75. The summed E-state index contributed by atoms with van der Waals surface area (Å²) in [7, 11) is 3.15. The number of nitrogens with zero attached hydrogens (tertiary/aromatic N) is 1. The number of nitrogens with one attached hydrogen (secondary N) is 1. The molecule has 0 heterocycles. The molecule has 3 N–H and O–H groups in total. The topological polar surface area (TPSA) is 99.1 Å². The van der Waals surface area contributed by atoms with Gasteiger partial charge in [0.1, 0.15) is 5.75 Å². The highest BCUT2D eigenvalue weighted by atomic mass is 79.9. The van der Waals surface area contributed by atoms with E-state index >= 15 is 0 Å². The van der Waals surface area contributed by atoms with E-state index in [9.17, 15) is 14.7 Å². The van der Waals surface area contributed by atoms with Gasteiger partial charge in [0.05, 0.1) is 19.8 Å². The first-order valence-electron chi connectivity index (χ1n) is 9.10. The summed E-state index contributed by atoms with van der Waals surface area (Å²) in [6.45, 7) is -0.313. The lowest BCUT2D eigenvalue weighted by Gasteiger charge is -2.29. The van der Waals surface area contributed by atoms with Gasteiger partial charge in [0.2, 0.25) is 5.91 Å². The number of rotatable bonds is 9. The molecule has 0 spiro atoms. The van der Waals surface area contributed by atoms with E-state index < -0.39 is 17.9 Å². The van der Waals surface area contributed by atoms with Crippen LogP contribution in [0.25, 0.3) is 0 Å². The smallest absolute Gasteiger partial charge is 0.253 e. The Morgan fingerprint density at radius 2 is 1.90 bits per heavy atom. The molecular formula is C21H25BrN2O5. The van der Waals surface area contributed by atoms with Crippen LogP contribution in [0.3, 0.4) is 0 Å². The van der Waals surface area contributed by atoms with Crippen LogP contribution in [0.2, 0.25) is 0 Å². The quantitative estimate of drug-likeness (QED) is 0.391. The predicted molar refractivity (Wildman–Crippen MR) is 112 cm³/mol. The Hall–Kier alpha value is -2.42. The van der Waals surface area contributed by atoms with Crippen molar-refractivity contribution in [2.24, 2.45) is 5.92 Å². The Morgan fingerprint density at radius 3 is 2.48 bits per heavy atom. The van der Waals surface area contributed by atoms with Crippen LogP contribution in [-0.2, 0) is 11.2 Å². The highest BCUT2D eigenvalue weighted by Crippen LogP contribution is 2.21. The van der Waals surface area contributed by atoms with Gasteiger partial charge in [-0.05, 0) is 54.8 Å². The van der Waals surface area contributed by atoms with Crippen LogP contribution < -0.4 is 10.2 Å². The summed E-state index contributed by atoms with van der Waals surface area (Å²) < 4.78 is 6.06. The molecule has 29 heavy (non-hydrogen) atoms. The van der Waals surface area contributed by atoms with E-state index in [2.05, 4.69) is 15.9 Å². The SMILES string of the molecule is COc1cccc(CC(CC(CO)N(C)C(=O)c2ccc(Br)cc2)C(=O)NO)c1. The van der Waals surface area contributed by atoms with Gasteiger partial charge in [0.15, 0.2) is 0 Å². The monoisotopic (exact) mass is 464 g/mol. The second kappa shape index (κ2) is 10.9. The van der Waals surface area contributed by atoms with Gasteiger partial charge in [0.25, 0.3) is 5.91 Å². The Morgan fingerprint density at radius 1 is 1.21 bits per heavy atom. The standard InChI is InChI=1S/C21H25BrN2O5/c1-24(21(27)15-6-8-17(22)9-7-15)18(13-25)12-16(20(26)23-28)10-14-4-3-5-19(11-14)29-2/h3-9,11,16,18,25,28H,10,12-13H2,1-2H3,(H,23,26). The first-order chi connectivity index (χ1) is 13.9. The maximum atomic E-state index is 12.8. The lowest BCUT2D eigenvalue weighted by atomic mass is 9.91. The molecule has 156 valence electrons. The second-order valence-corrected chi connectivity index (χ2v) is 7.64. The Labute approximate surface area is 178 Å². The van der Waals surface area contributed by atoms with Crippen molar-refractivity contribution in [3.05, 3.63) is 64.1 Å². The number of methoxy groups -OCH3 is 1. The lowest BCUT2D eigenvalue weighted by Crippen LogP contribution is -2.43. The van der Waals surface area contributed by atoms with Crippen molar-refractivity contribution in [3.63, 3.8) is 0 Å². The van der Waals surface area contributed by atoms with Crippen molar-refractivity contribution in [1.29, 1.82) is 0 Å². The summed E-state index contributed by atoms with van der Waals surface area (Å²) >= 11 is 3.33. The number of halogens is 1. The van der Waals surface area contributed by atoms with Gasteiger partial charge in [0, 0.05) is 23.0 Å². The van der Waals surface area contributed by atoms with E-state index in [1.807, 2.05) is 18.2 Å².